The van der Waals surface area contributed by atoms with Crippen molar-refractivity contribution in [2.24, 2.45) is 0 Å². The number of hydrogen-bond acceptors (Lipinski definition) is 3. The van der Waals surface area contributed by atoms with Crippen molar-refractivity contribution < 1.29 is 26.7 Å². The molecule has 4 nitrogen and oxygen atoms in total. The Hall–Kier alpha value is -0.960. The van der Waals surface area contributed by atoms with Crippen LogP contribution < -0.4 is 10.6 Å². The van der Waals surface area contributed by atoms with Crippen LogP contribution in [0.3, 0.4) is 0 Å². The van der Waals surface area contributed by atoms with Gasteiger partial charge in [0, 0.05) is 25.6 Å². The third-order valence-electron chi connectivity index (χ3n) is 3.76. The highest BCUT2D eigenvalue weighted by molar-refractivity contribution is 5.82. The fourth-order valence-electron chi connectivity index (χ4n) is 2.69. The second-order valence-corrected chi connectivity index (χ2v) is 5.67. The van der Waals surface area contributed by atoms with E-state index in [1.807, 2.05) is 0 Å². The largest absolute Gasteiger partial charge is 0.401 e. The SMILES string of the molecule is O=C(NC1CCN(CC(F)(F)F)CC1)C1CC(F)(F)CN1. The second kappa shape index (κ2) is 6.04. The van der Waals surface area contributed by atoms with Crippen molar-refractivity contribution in [3.8, 4) is 0 Å². The van der Waals surface area contributed by atoms with Gasteiger partial charge in [0.1, 0.15) is 0 Å². The quantitative estimate of drug-likeness (QED) is 0.768. The van der Waals surface area contributed by atoms with Gasteiger partial charge in [-0.2, -0.15) is 13.2 Å². The summed E-state index contributed by atoms with van der Waals surface area (Å²) in [5.41, 5.74) is 0. The fraction of sp³-hybridized carbons (Fsp3) is 0.917. The maximum Gasteiger partial charge on any atom is 0.401 e. The lowest BCUT2D eigenvalue weighted by atomic mass is 10.0. The Kier molecular flexibility index (Phi) is 4.72. The van der Waals surface area contributed by atoms with E-state index in [9.17, 15) is 26.7 Å². The summed E-state index contributed by atoms with van der Waals surface area (Å²) in [7, 11) is 0. The van der Waals surface area contributed by atoms with E-state index in [1.54, 1.807) is 0 Å². The summed E-state index contributed by atoms with van der Waals surface area (Å²) in [6.45, 7) is -1.00. The molecule has 0 saturated carbocycles. The number of nitrogens with zero attached hydrogens (tertiary/aromatic N) is 1. The van der Waals surface area contributed by atoms with Gasteiger partial charge in [0.15, 0.2) is 0 Å². The third-order valence-corrected chi connectivity index (χ3v) is 3.76. The molecule has 0 radical (unpaired) electrons. The summed E-state index contributed by atoms with van der Waals surface area (Å²) in [5.74, 6) is -3.38. The predicted octanol–water partition coefficient (Wildman–Crippen LogP) is 1.13. The van der Waals surface area contributed by atoms with E-state index in [0.29, 0.717) is 12.8 Å². The Morgan fingerprint density at radius 1 is 1.29 bits per heavy atom. The van der Waals surface area contributed by atoms with Crippen LogP contribution in [0.1, 0.15) is 19.3 Å². The van der Waals surface area contributed by atoms with Crippen molar-refractivity contribution in [2.45, 2.75) is 43.4 Å². The van der Waals surface area contributed by atoms with Crippen LogP contribution in [0.5, 0.6) is 0 Å². The highest BCUT2D eigenvalue weighted by atomic mass is 19.4. The third kappa shape index (κ3) is 5.06. The molecular weight excluding hydrogens is 297 g/mol. The van der Waals surface area contributed by atoms with Gasteiger partial charge in [-0.3, -0.25) is 15.0 Å². The molecule has 21 heavy (non-hydrogen) atoms. The smallest absolute Gasteiger partial charge is 0.352 e. The summed E-state index contributed by atoms with van der Waals surface area (Å²) in [6.07, 6.45) is -3.98. The molecule has 2 rings (SSSR count). The molecule has 122 valence electrons. The number of carbonyl (C=O) groups excluding carboxylic acids is 1. The van der Waals surface area contributed by atoms with Crippen molar-refractivity contribution in [1.82, 2.24) is 15.5 Å². The molecule has 2 aliphatic heterocycles. The molecule has 0 aromatic rings. The molecule has 1 atom stereocenters. The Balaban J connectivity index is 1.72. The number of piperidine rings is 1. The number of rotatable bonds is 3. The van der Waals surface area contributed by atoms with Crippen LogP contribution in [0.25, 0.3) is 0 Å². The van der Waals surface area contributed by atoms with Gasteiger partial charge in [-0.15, -0.1) is 0 Å². The highest BCUT2D eigenvalue weighted by Crippen LogP contribution is 2.25. The van der Waals surface area contributed by atoms with Crippen LogP contribution in [0.4, 0.5) is 22.0 Å². The monoisotopic (exact) mass is 315 g/mol. The molecule has 1 unspecified atom stereocenters. The molecule has 0 spiro atoms. The van der Waals surface area contributed by atoms with Crippen LogP contribution in [-0.4, -0.2) is 61.2 Å². The number of amides is 1. The average molecular weight is 315 g/mol. The summed E-state index contributed by atoms with van der Waals surface area (Å²) >= 11 is 0. The van der Waals surface area contributed by atoms with Crippen molar-refractivity contribution in [1.29, 1.82) is 0 Å². The molecule has 0 aromatic carbocycles. The Morgan fingerprint density at radius 3 is 2.38 bits per heavy atom. The molecule has 2 heterocycles. The highest BCUT2D eigenvalue weighted by Gasteiger charge is 2.42. The van der Waals surface area contributed by atoms with Crippen molar-refractivity contribution in [3.05, 3.63) is 0 Å². The van der Waals surface area contributed by atoms with Gasteiger partial charge in [0.2, 0.25) is 5.91 Å². The van der Waals surface area contributed by atoms with Gasteiger partial charge in [-0.1, -0.05) is 0 Å². The van der Waals surface area contributed by atoms with Gasteiger partial charge in [0.25, 0.3) is 5.92 Å². The first kappa shape index (κ1) is 16.4. The zero-order chi connectivity index (χ0) is 15.7. The van der Waals surface area contributed by atoms with Crippen LogP contribution in [0, 0.1) is 0 Å². The molecule has 2 saturated heterocycles. The van der Waals surface area contributed by atoms with Gasteiger partial charge in [0.05, 0.1) is 19.1 Å². The number of hydrogen-bond donors (Lipinski definition) is 2. The maximum atomic E-state index is 13.0. The van der Waals surface area contributed by atoms with Crippen LogP contribution in [0.2, 0.25) is 0 Å². The van der Waals surface area contributed by atoms with E-state index in [4.69, 9.17) is 0 Å². The average Bonchev–Trinajstić information content (AvgIpc) is 2.70. The summed E-state index contributed by atoms with van der Waals surface area (Å²) in [6, 6.07) is -1.17. The Labute approximate surface area is 119 Å². The van der Waals surface area contributed by atoms with Crippen molar-refractivity contribution >= 4 is 5.91 Å². The number of likely N-dealkylation sites (tertiary alicyclic amines) is 1. The molecule has 9 heteroatoms. The van der Waals surface area contributed by atoms with Crippen molar-refractivity contribution in [2.75, 3.05) is 26.2 Å². The molecule has 2 N–H and O–H groups in total. The van der Waals surface area contributed by atoms with Crippen LogP contribution in [0.15, 0.2) is 0 Å². The summed E-state index contributed by atoms with van der Waals surface area (Å²) in [5, 5.41) is 5.09. The van der Waals surface area contributed by atoms with E-state index in [-0.39, 0.29) is 19.1 Å². The number of alkyl halides is 5. The van der Waals surface area contributed by atoms with E-state index in [1.165, 1.54) is 4.90 Å². The van der Waals surface area contributed by atoms with Crippen LogP contribution in [-0.2, 0) is 4.79 Å². The van der Waals surface area contributed by atoms with Crippen molar-refractivity contribution in [3.63, 3.8) is 0 Å². The first-order valence-corrected chi connectivity index (χ1v) is 6.85. The topological polar surface area (TPSA) is 44.4 Å². The van der Waals surface area contributed by atoms with Gasteiger partial charge >= 0.3 is 6.18 Å². The molecular formula is C12H18F5N3O. The standard InChI is InChI=1S/C12H18F5N3O/c13-11(14)5-9(18-6-11)10(21)19-8-1-3-20(4-2-8)7-12(15,16)17/h8-9,18H,1-7H2,(H,19,21). The lowest BCUT2D eigenvalue weighted by Crippen LogP contribution is -2.50. The predicted molar refractivity (Wildman–Crippen MR) is 65.0 cm³/mol. The Morgan fingerprint density at radius 2 is 1.90 bits per heavy atom. The molecule has 0 bridgehead atoms. The second-order valence-electron chi connectivity index (χ2n) is 5.67. The summed E-state index contributed by atoms with van der Waals surface area (Å²) < 4.78 is 62.7. The van der Waals surface area contributed by atoms with E-state index < -0.39 is 43.6 Å². The summed E-state index contributed by atoms with van der Waals surface area (Å²) in [4.78, 5) is 13.1. The lowest BCUT2D eigenvalue weighted by Gasteiger charge is -2.33. The number of carbonyl (C=O) groups is 1. The fourth-order valence-corrected chi connectivity index (χ4v) is 2.69. The normalized spacial score (nSPS) is 27.8. The molecule has 2 fully saturated rings. The lowest BCUT2D eigenvalue weighted by molar-refractivity contribution is -0.148. The minimum Gasteiger partial charge on any atom is -0.352 e. The maximum absolute atomic E-state index is 13.0. The number of nitrogens with one attached hydrogen (secondary N) is 2. The van der Waals surface area contributed by atoms with E-state index in [2.05, 4.69) is 10.6 Å². The van der Waals surface area contributed by atoms with Gasteiger partial charge < -0.3 is 5.32 Å². The zero-order valence-corrected chi connectivity index (χ0v) is 11.3. The first-order valence-electron chi connectivity index (χ1n) is 6.85. The van der Waals surface area contributed by atoms with Gasteiger partial charge in [-0.05, 0) is 12.8 Å². The van der Waals surface area contributed by atoms with E-state index in [0.717, 1.165) is 0 Å². The molecule has 0 aromatic heterocycles. The first-order chi connectivity index (χ1) is 9.65. The van der Waals surface area contributed by atoms with Gasteiger partial charge in [-0.25, -0.2) is 8.78 Å². The van der Waals surface area contributed by atoms with Crippen LogP contribution >= 0.6 is 0 Å². The van der Waals surface area contributed by atoms with E-state index >= 15 is 0 Å². The molecule has 0 aliphatic carbocycles. The Bertz CT molecular complexity index is 380. The minimum atomic E-state index is -4.23. The molecule has 1 amide bonds. The number of halogens is 5. The minimum absolute atomic E-state index is 0.235. The molecule has 2 aliphatic rings. The zero-order valence-electron chi connectivity index (χ0n) is 11.3.